The van der Waals surface area contributed by atoms with Gasteiger partial charge in [0.25, 0.3) is 0 Å². The van der Waals surface area contributed by atoms with Crippen molar-refractivity contribution in [1.82, 2.24) is 9.55 Å². The predicted molar refractivity (Wildman–Crippen MR) is 80.4 cm³/mol. The van der Waals surface area contributed by atoms with Crippen molar-refractivity contribution in [3.8, 4) is 5.69 Å². The van der Waals surface area contributed by atoms with Crippen molar-refractivity contribution < 1.29 is 8.78 Å². The number of aryl methyl sites for hydroxylation is 1. The van der Waals surface area contributed by atoms with Crippen LogP contribution in [0.1, 0.15) is 5.82 Å². The summed E-state index contributed by atoms with van der Waals surface area (Å²) >= 11 is 11.7. The standard InChI is InChI=1S/C15H10Cl2F2N2/c16-6-5-15-20-12-7-9(17)1-3-14(12)21(15)13-4-2-10(18)8-11(13)19/h1-4,7-8H,5-6H2. The predicted octanol–water partition coefficient (Wildman–Crippen LogP) is 4.74. The van der Waals surface area contributed by atoms with E-state index in [-0.39, 0.29) is 5.69 Å². The Kier molecular flexibility index (Phi) is 3.83. The zero-order valence-electron chi connectivity index (χ0n) is 10.8. The highest BCUT2D eigenvalue weighted by atomic mass is 35.5. The molecule has 3 rings (SSSR count). The summed E-state index contributed by atoms with van der Waals surface area (Å²) in [5, 5.41) is 0.546. The fourth-order valence-electron chi connectivity index (χ4n) is 2.29. The van der Waals surface area contributed by atoms with Crippen molar-refractivity contribution in [2.24, 2.45) is 0 Å². The second-order valence-electron chi connectivity index (χ2n) is 4.53. The largest absolute Gasteiger partial charge is 0.293 e. The summed E-state index contributed by atoms with van der Waals surface area (Å²) in [6, 6.07) is 8.61. The van der Waals surface area contributed by atoms with Crippen molar-refractivity contribution in [2.45, 2.75) is 6.42 Å². The first-order chi connectivity index (χ1) is 10.1. The van der Waals surface area contributed by atoms with Crippen molar-refractivity contribution >= 4 is 34.2 Å². The molecule has 1 heterocycles. The average molecular weight is 327 g/mol. The van der Waals surface area contributed by atoms with Crippen LogP contribution in [0.3, 0.4) is 0 Å². The maximum Gasteiger partial charge on any atom is 0.150 e. The Morgan fingerprint density at radius 3 is 2.62 bits per heavy atom. The van der Waals surface area contributed by atoms with Gasteiger partial charge in [-0.15, -0.1) is 11.6 Å². The quantitative estimate of drug-likeness (QED) is 0.636. The van der Waals surface area contributed by atoms with E-state index >= 15 is 0 Å². The minimum Gasteiger partial charge on any atom is -0.293 e. The first kappa shape index (κ1) is 14.3. The van der Waals surface area contributed by atoms with Gasteiger partial charge in [0.2, 0.25) is 0 Å². The van der Waals surface area contributed by atoms with Crippen LogP contribution in [0.15, 0.2) is 36.4 Å². The molecule has 0 N–H and O–H groups in total. The van der Waals surface area contributed by atoms with Crippen LogP contribution in [0, 0.1) is 11.6 Å². The molecule has 0 amide bonds. The highest BCUT2D eigenvalue weighted by molar-refractivity contribution is 6.31. The highest BCUT2D eigenvalue weighted by Gasteiger charge is 2.15. The Hall–Kier alpha value is -1.65. The normalized spacial score (nSPS) is 11.2. The molecule has 0 aliphatic heterocycles. The highest BCUT2D eigenvalue weighted by Crippen LogP contribution is 2.26. The van der Waals surface area contributed by atoms with Gasteiger partial charge in [0.15, 0.2) is 0 Å². The van der Waals surface area contributed by atoms with E-state index in [4.69, 9.17) is 23.2 Å². The lowest BCUT2D eigenvalue weighted by Gasteiger charge is -2.09. The number of aromatic nitrogens is 2. The molecule has 0 spiro atoms. The molecule has 6 heteroatoms. The summed E-state index contributed by atoms with van der Waals surface area (Å²) in [6.07, 6.45) is 0.463. The maximum atomic E-state index is 14.1. The van der Waals surface area contributed by atoms with Crippen LogP contribution in [-0.4, -0.2) is 15.4 Å². The minimum absolute atomic E-state index is 0.237. The minimum atomic E-state index is -0.653. The molecule has 2 aromatic carbocycles. The van der Waals surface area contributed by atoms with Gasteiger partial charge >= 0.3 is 0 Å². The van der Waals surface area contributed by atoms with E-state index in [0.717, 1.165) is 6.07 Å². The van der Waals surface area contributed by atoms with E-state index < -0.39 is 11.6 Å². The number of halogens is 4. The molecule has 0 radical (unpaired) electrons. The topological polar surface area (TPSA) is 17.8 Å². The van der Waals surface area contributed by atoms with Crippen LogP contribution >= 0.6 is 23.2 Å². The van der Waals surface area contributed by atoms with E-state index in [0.29, 0.717) is 34.2 Å². The number of nitrogens with zero attached hydrogens (tertiary/aromatic N) is 2. The monoisotopic (exact) mass is 326 g/mol. The molecule has 21 heavy (non-hydrogen) atoms. The van der Waals surface area contributed by atoms with Gasteiger partial charge in [-0.3, -0.25) is 4.57 Å². The van der Waals surface area contributed by atoms with Crippen LogP contribution in [-0.2, 0) is 6.42 Å². The second kappa shape index (κ2) is 5.62. The third-order valence-corrected chi connectivity index (χ3v) is 3.58. The van der Waals surface area contributed by atoms with Gasteiger partial charge in [-0.05, 0) is 30.3 Å². The first-order valence-corrected chi connectivity index (χ1v) is 7.19. The molecule has 0 bridgehead atoms. The molecule has 108 valence electrons. The lowest BCUT2D eigenvalue weighted by molar-refractivity contribution is 0.577. The van der Waals surface area contributed by atoms with Gasteiger partial charge in [0.1, 0.15) is 17.5 Å². The van der Waals surface area contributed by atoms with Gasteiger partial charge in [0, 0.05) is 23.4 Å². The number of imidazole rings is 1. The van der Waals surface area contributed by atoms with Crippen molar-refractivity contribution in [3.63, 3.8) is 0 Å². The van der Waals surface area contributed by atoms with Gasteiger partial charge in [-0.2, -0.15) is 0 Å². The summed E-state index contributed by atoms with van der Waals surface area (Å²) in [5.74, 6) is -0.324. The summed E-state index contributed by atoms with van der Waals surface area (Å²) in [5.41, 5.74) is 1.58. The number of rotatable bonds is 3. The van der Waals surface area contributed by atoms with Gasteiger partial charge in [-0.25, -0.2) is 13.8 Å². The molecule has 0 aliphatic carbocycles. The Labute approximate surface area is 129 Å². The number of hydrogen-bond acceptors (Lipinski definition) is 1. The molecule has 0 saturated heterocycles. The summed E-state index contributed by atoms with van der Waals surface area (Å²) in [7, 11) is 0. The van der Waals surface area contributed by atoms with Crippen LogP contribution < -0.4 is 0 Å². The van der Waals surface area contributed by atoms with Gasteiger partial charge in [0.05, 0.1) is 16.7 Å². The molecule has 1 aromatic heterocycles. The fraction of sp³-hybridized carbons (Fsp3) is 0.133. The lowest BCUT2D eigenvalue weighted by atomic mass is 10.2. The number of fused-ring (bicyclic) bond motifs is 1. The SMILES string of the molecule is Fc1ccc(-n2c(CCCl)nc3cc(Cl)ccc32)c(F)c1. The van der Waals surface area contributed by atoms with E-state index in [1.54, 1.807) is 22.8 Å². The molecule has 3 aromatic rings. The van der Waals surface area contributed by atoms with Crippen molar-refractivity contribution in [2.75, 3.05) is 5.88 Å². The number of benzene rings is 2. The molecular formula is C15H10Cl2F2N2. The summed E-state index contributed by atoms with van der Waals surface area (Å²) in [6.45, 7) is 0. The van der Waals surface area contributed by atoms with E-state index in [1.807, 2.05) is 0 Å². The lowest BCUT2D eigenvalue weighted by Crippen LogP contribution is -2.04. The Bertz CT molecular complexity index is 815. The Morgan fingerprint density at radius 2 is 1.90 bits per heavy atom. The maximum absolute atomic E-state index is 14.1. The smallest absolute Gasteiger partial charge is 0.150 e. The third kappa shape index (κ3) is 2.61. The first-order valence-electron chi connectivity index (χ1n) is 6.28. The molecule has 0 saturated carbocycles. The molecule has 0 aliphatic rings. The molecule has 2 nitrogen and oxygen atoms in total. The number of alkyl halides is 1. The van der Waals surface area contributed by atoms with Crippen LogP contribution in [0.5, 0.6) is 0 Å². The zero-order chi connectivity index (χ0) is 15.0. The average Bonchev–Trinajstić information content (AvgIpc) is 2.76. The molecule has 0 fully saturated rings. The van der Waals surface area contributed by atoms with E-state index in [2.05, 4.69) is 4.98 Å². The van der Waals surface area contributed by atoms with Gasteiger partial charge < -0.3 is 0 Å². The molecule has 0 atom stereocenters. The number of hydrogen-bond donors (Lipinski definition) is 0. The zero-order valence-corrected chi connectivity index (χ0v) is 12.3. The molecular weight excluding hydrogens is 317 g/mol. The Balaban J connectivity index is 2.30. The van der Waals surface area contributed by atoms with E-state index in [1.165, 1.54) is 12.1 Å². The Morgan fingerprint density at radius 1 is 1.10 bits per heavy atom. The van der Waals surface area contributed by atoms with Crippen LogP contribution in [0.2, 0.25) is 5.02 Å². The second-order valence-corrected chi connectivity index (χ2v) is 5.35. The fourth-order valence-corrected chi connectivity index (χ4v) is 2.62. The van der Waals surface area contributed by atoms with Crippen molar-refractivity contribution in [3.05, 3.63) is 58.9 Å². The third-order valence-electron chi connectivity index (χ3n) is 3.15. The molecule has 0 unspecified atom stereocenters. The summed E-state index contributed by atoms with van der Waals surface area (Å²) in [4.78, 5) is 4.44. The summed E-state index contributed by atoms with van der Waals surface area (Å²) < 4.78 is 28.8. The van der Waals surface area contributed by atoms with E-state index in [9.17, 15) is 8.78 Å². The van der Waals surface area contributed by atoms with Crippen LogP contribution in [0.4, 0.5) is 8.78 Å². The van der Waals surface area contributed by atoms with Gasteiger partial charge in [-0.1, -0.05) is 11.6 Å². The van der Waals surface area contributed by atoms with Crippen molar-refractivity contribution in [1.29, 1.82) is 0 Å². The van der Waals surface area contributed by atoms with Crippen LogP contribution in [0.25, 0.3) is 16.7 Å².